The zero-order valence-electron chi connectivity index (χ0n) is 12.2. The van der Waals surface area contributed by atoms with E-state index in [4.69, 9.17) is 5.11 Å². The second-order valence-electron chi connectivity index (χ2n) is 5.50. The van der Waals surface area contributed by atoms with Crippen LogP contribution in [0.15, 0.2) is 24.4 Å². The van der Waals surface area contributed by atoms with Crippen molar-refractivity contribution in [2.24, 2.45) is 5.41 Å². The average Bonchev–Trinajstić information content (AvgIpc) is 2.91. The third kappa shape index (κ3) is 3.18. The molecule has 4 heteroatoms. The Morgan fingerprint density at radius 3 is 2.70 bits per heavy atom. The van der Waals surface area contributed by atoms with Crippen molar-refractivity contribution < 1.29 is 9.90 Å². The summed E-state index contributed by atoms with van der Waals surface area (Å²) >= 11 is 0. The van der Waals surface area contributed by atoms with E-state index in [-0.39, 0.29) is 0 Å². The second-order valence-corrected chi connectivity index (χ2v) is 5.50. The van der Waals surface area contributed by atoms with Gasteiger partial charge < -0.3 is 10.0 Å². The number of aromatic nitrogens is 1. The Balaban J connectivity index is 2.06. The fourth-order valence-corrected chi connectivity index (χ4v) is 2.81. The van der Waals surface area contributed by atoms with Crippen LogP contribution in [0, 0.1) is 5.41 Å². The van der Waals surface area contributed by atoms with Gasteiger partial charge in [0.1, 0.15) is 5.82 Å². The van der Waals surface area contributed by atoms with Crippen molar-refractivity contribution in [1.29, 1.82) is 0 Å². The molecule has 1 aliphatic rings. The predicted octanol–water partition coefficient (Wildman–Crippen LogP) is 3.20. The summed E-state index contributed by atoms with van der Waals surface area (Å²) in [6.45, 7) is 6.65. The lowest BCUT2D eigenvalue weighted by Crippen LogP contribution is -2.26. The smallest absolute Gasteiger partial charge is 0.328 e. The van der Waals surface area contributed by atoms with Crippen molar-refractivity contribution in [2.75, 3.05) is 18.0 Å². The van der Waals surface area contributed by atoms with Crippen LogP contribution in [-0.4, -0.2) is 29.1 Å². The van der Waals surface area contributed by atoms with Crippen LogP contribution in [0.1, 0.15) is 38.7 Å². The van der Waals surface area contributed by atoms with Crippen LogP contribution < -0.4 is 4.90 Å². The molecule has 1 aromatic rings. The van der Waals surface area contributed by atoms with Crippen LogP contribution in [0.25, 0.3) is 6.08 Å². The molecule has 2 rings (SSSR count). The highest BCUT2D eigenvalue weighted by Gasteiger charge is 2.35. The lowest BCUT2D eigenvalue weighted by molar-refractivity contribution is -0.131. The minimum atomic E-state index is -0.940. The molecule has 1 aromatic heterocycles. The maximum absolute atomic E-state index is 10.5. The number of anilines is 1. The van der Waals surface area contributed by atoms with E-state index in [2.05, 4.69) is 23.7 Å². The zero-order chi connectivity index (χ0) is 14.6. The molecule has 1 fully saturated rings. The van der Waals surface area contributed by atoms with Crippen LogP contribution >= 0.6 is 0 Å². The van der Waals surface area contributed by atoms with Crippen LogP contribution in [-0.2, 0) is 4.79 Å². The van der Waals surface area contributed by atoms with Crippen LogP contribution in [0.2, 0.25) is 0 Å². The molecule has 0 aliphatic carbocycles. The summed E-state index contributed by atoms with van der Waals surface area (Å²) < 4.78 is 0. The van der Waals surface area contributed by atoms with Crippen LogP contribution in [0.3, 0.4) is 0 Å². The van der Waals surface area contributed by atoms with Gasteiger partial charge >= 0.3 is 5.97 Å². The standard InChI is InChI=1S/C16H22N2O2/c1-3-16(4-2)9-10-18(12-16)14-7-5-13(11-17-14)6-8-15(19)20/h5-8,11H,3-4,9-10,12H2,1-2H3,(H,19,20)/b8-6+. The maximum Gasteiger partial charge on any atom is 0.328 e. The minimum absolute atomic E-state index is 0.434. The molecule has 0 unspecified atom stereocenters. The first kappa shape index (κ1) is 14.6. The van der Waals surface area contributed by atoms with E-state index >= 15 is 0 Å². The average molecular weight is 274 g/mol. The highest BCUT2D eigenvalue weighted by Crippen LogP contribution is 2.38. The summed E-state index contributed by atoms with van der Waals surface area (Å²) in [6, 6.07) is 3.89. The summed E-state index contributed by atoms with van der Waals surface area (Å²) in [5.74, 6) is 0.0468. The lowest BCUT2D eigenvalue weighted by Gasteiger charge is -2.26. The summed E-state index contributed by atoms with van der Waals surface area (Å²) in [7, 11) is 0. The number of carboxylic acid groups (broad SMARTS) is 1. The Labute approximate surface area is 120 Å². The number of rotatable bonds is 5. The van der Waals surface area contributed by atoms with Gasteiger partial charge in [0.25, 0.3) is 0 Å². The Bertz CT molecular complexity index is 490. The van der Waals surface area contributed by atoms with E-state index in [1.807, 2.05) is 12.1 Å². The quantitative estimate of drug-likeness (QED) is 0.838. The zero-order valence-corrected chi connectivity index (χ0v) is 12.2. The van der Waals surface area contributed by atoms with E-state index in [0.29, 0.717) is 5.41 Å². The van der Waals surface area contributed by atoms with Crippen molar-refractivity contribution in [3.8, 4) is 0 Å². The normalized spacial score (nSPS) is 17.8. The highest BCUT2D eigenvalue weighted by atomic mass is 16.4. The Hall–Kier alpha value is -1.84. The number of hydrogen-bond donors (Lipinski definition) is 1. The van der Waals surface area contributed by atoms with E-state index < -0.39 is 5.97 Å². The summed E-state index contributed by atoms with van der Waals surface area (Å²) in [6.07, 6.45) is 8.06. The molecule has 0 bridgehead atoms. The van der Waals surface area contributed by atoms with E-state index in [9.17, 15) is 4.79 Å². The summed E-state index contributed by atoms with van der Waals surface area (Å²) in [5, 5.41) is 8.60. The Kier molecular flexibility index (Phi) is 4.42. The first-order valence-electron chi connectivity index (χ1n) is 7.20. The molecule has 0 radical (unpaired) electrons. The number of hydrogen-bond acceptors (Lipinski definition) is 3. The van der Waals surface area contributed by atoms with Crippen molar-refractivity contribution >= 4 is 17.9 Å². The third-order valence-electron chi connectivity index (χ3n) is 4.45. The molecule has 0 spiro atoms. The monoisotopic (exact) mass is 274 g/mol. The number of nitrogens with zero attached hydrogens (tertiary/aromatic N) is 2. The van der Waals surface area contributed by atoms with Gasteiger partial charge in [0.15, 0.2) is 0 Å². The molecule has 0 atom stereocenters. The summed E-state index contributed by atoms with van der Waals surface area (Å²) in [4.78, 5) is 17.3. The first-order valence-corrected chi connectivity index (χ1v) is 7.20. The molecule has 0 saturated carbocycles. The lowest BCUT2D eigenvalue weighted by atomic mass is 9.82. The Morgan fingerprint density at radius 1 is 1.45 bits per heavy atom. The molecule has 1 N–H and O–H groups in total. The van der Waals surface area contributed by atoms with Crippen molar-refractivity contribution in [2.45, 2.75) is 33.1 Å². The number of aliphatic carboxylic acids is 1. The van der Waals surface area contributed by atoms with Crippen LogP contribution in [0.4, 0.5) is 5.82 Å². The molecule has 20 heavy (non-hydrogen) atoms. The maximum atomic E-state index is 10.5. The van der Waals surface area contributed by atoms with Gasteiger partial charge in [-0.15, -0.1) is 0 Å². The highest BCUT2D eigenvalue weighted by molar-refractivity contribution is 5.85. The van der Waals surface area contributed by atoms with Crippen molar-refractivity contribution in [1.82, 2.24) is 4.98 Å². The van der Waals surface area contributed by atoms with E-state index in [1.54, 1.807) is 12.3 Å². The first-order chi connectivity index (χ1) is 9.58. The van der Waals surface area contributed by atoms with Gasteiger partial charge in [-0.3, -0.25) is 0 Å². The van der Waals surface area contributed by atoms with Gasteiger partial charge in [-0.25, -0.2) is 9.78 Å². The molecule has 0 amide bonds. The van der Waals surface area contributed by atoms with Gasteiger partial charge in [0.05, 0.1) is 0 Å². The third-order valence-corrected chi connectivity index (χ3v) is 4.45. The molecule has 0 aromatic carbocycles. The topological polar surface area (TPSA) is 53.4 Å². The fourth-order valence-electron chi connectivity index (χ4n) is 2.81. The molecule has 4 nitrogen and oxygen atoms in total. The summed E-state index contributed by atoms with van der Waals surface area (Å²) in [5.41, 5.74) is 1.25. The minimum Gasteiger partial charge on any atom is -0.478 e. The van der Waals surface area contributed by atoms with Crippen molar-refractivity contribution in [3.63, 3.8) is 0 Å². The van der Waals surface area contributed by atoms with Gasteiger partial charge in [-0.1, -0.05) is 13.8 Å². The fraction of sp³-hybridized carbons (Fsp3) is 0.500. The molecular formula is C16H22N2O2. The second kappa shape index (κ2) is 6.07. The van der Waals surface area contributed by atoms with E-state index in [1.165, 1.54) is 19.3 Å². The molecule has 2 heterocycles. The molecule has 1 aliphatic heterocycles. The SMILES string of the molecule is CCC1(CC)CCN(c2ccc(/C=C/C(=O)O)cn2)C1. The largest absolute Gasteiger partial charge is 0.478 e. The predicted molar refractivity (Wildman–Crippen MR) is 80.8 cm³/mol. The van der Waals surface area contributed by atoms with Gasteiger partial charge in [-0.05, 0) is 48.4 Å². The molecule has 108 valence electrons. The van der Waals surface area contributed by atoms with Gasteiger partial charge in [0, 0.05) is 25.4 Å². The van der Waals surface area contributed by atoms with Gasteiger partial charge in [-0.2, -0.15) is 0 Å². The van der Waals surface area contributed by atoms with Crippen molar-refractivity contribution in [3.05, 3.63) is 30.0 Å². The number of carbonyl (C=O) groups is 1. The van der Waals surface area contributed by atoms with Crippen LogP contribution in [0.5, 0.6) is 0 Å². The molecule has 1 saturated heterocycles. The van der Waals surface area contributed by atoms with Gasteiger partial charge in [0.2, 0.25) is 0 Å². The van der Waals surface area contributed by atoms with E-state index in [0.717, 1.165) is 30.5 Å². The number of pyridine rings is 1. The molecular weight excluding hydrogens is 252 g/mol. The Morgan fingerprint density at radius 2 is 2.20 bits per heavy atom. The number of carboxylic acids is 1.